The summed E-state index contributed by atoms with van der Waals surface area (Å²) in [5.41, 5.74) is -0.973. The van der Waals surface area contributed by atoms with Crippen LogP contribution < -0.4 is 30.2 Å². The average molecular weight is 712 g/mol. The highest BCUT2D eigenvalue weighted by molar-refractivity contribution is 6.02. The van der Waals surface area contributed by atoms with Gasteiger partial charge in [0.25, 0.3) is 17.7 Å². The first kappa shape index (κ1) is 37.1. The van der Waals surface area contributed by atoms with Crippen LogP contribution in [-0.2, 0) is 28.6 Å². The topological polar surface area (TPSA) is 255 Å². The van der Waals surface area contributed by atoms with Gasteiger partial charge in [0.05, 0.1) is 38.0 Å². The van der Waals surface area contributed by atoms with E-state index in [-0.39, 0.29) is 33.9 Å². The SMILES string of the molecule is COc1cccc(C(=O)NC2COC(=O)C(NC(=O)c3cccc(OC)c3O)COC(=O)C(NC(=O)c3cccc(OC)c3O)COC2=O)c1O. The van der Waals surface area contributed by atoms with E-state index in [1.165, 1.54) is 75.9 Å². The summed E-state index contributed by atoms with van der Waals surface area (Å²) >= 11 is 0. The minimum absolute atomic E-state index is 0.0600. The molecule has 1 aliphatic rings. The number of carbonyl (C=O) groups is 6. The molecule has 3 aromatic carbocycles. The molecule has 3 amide bonds. The molecule has 0 bridgehead atoms. The van der Waals surface area contributed by atoms with Crippen molar-refractivity contribution in [2.24, 2.45) is 0 Å². The Kier molecular flexibility index (Phi) is 12.1. The maximum Gasteiger partial charge on any atom is 0.332 e. The zero-order chi connectivity index (χ0) is 37.2. The maximum absolute atomic E-state index is 13.3. The number of para-hydroxylation sites is 3. The fraction of sp³-hybridized carbons (Fsp3) is 0.273. The summed E-state index contributed by atoms with van der Waals surface area (Å²) in [5, 5.41) is 38.1. The van der Waals surface area contributed by atoms with Gasteiger partial charge in [0.2, 0.25) is 0 Å². The molecule has 18 nitrogen and oxygen atoms in total. The van der Waals surface area contributed by atoms with Crippen molar-refractivity contribution in [3.63, 3.8) is 0 Å². The number of carbonyl (C=O) groups excluding carboxylic acids is 6. The summed E-state index contributed by atoms with van der Waals surface area (Å²) < 4.78 is 30.6. The molecule has 1 heterocycles. The smallest absolute Gasteiger partial charge is 0.332 e. The molecule has 0 aliphatic carbocycles. The van der Waals surface area contributed by atoms with E-state index < -0.39 is 90.8 Å². The second kappa shape index (κ2) is 16.6. The Morgan fingerprint density at radius 1 is 0.529 bits per heavy atom. The van der Waals surface area contributed by atoms with E-state index in [0.717, 1.165) is 0 Å². The molecule has 1 fully saturated rings. The quantitative estimate of drug-likeness (QED) is 0.128. The Labute approximate surface area is 289 Å². The van der Waals surface area contributed by atoms with Crippen LogP contribution >= 0.6 is 0 Å². The molecule has 3 atom stereocenters. The number of phenols is 3. The Balaban J connectivity index is 1.64. The van der Waals surface area contributed by atoms with E-state index >= 15 is 0 Å². The molecule has 1 saturated heterocycles. The summed E-state index contributed by atoms with van der Waals surface area (Å²) in [7, 11) is 3.75. The molecule has 6 N–H and O–H groups in total. The molecule has 0 radical (unpaired) electrons. The molecule has 51 heavy (non-hydrogen) atoms. The predicted octanol–water partition coefficient (Wildman–Crippen LogP) is 0.168. The molecule has 3 unspecified atom stereocenters. The first-order valence-electron chi connectivity index (χ1n) is 14.9. The predicted molar refractivity (Wildman–Crippen MR) is 171 cm³/mol. The number of ether oxygens (including phenoxy) is 6. The van der Waals surface area contributed by atoms with E-state index in [1.54, 1.807) is 0 Å². The fourth-order valence-electron chi connectivity index (χ4n) is 4.62. The minimum atomic E-state index is -1.76. The number of rotatable bonds is 9. The van der Waals surface area contributed by atoms with Crippen LogP contribution in [0, 0.1) is 0 Å². The second-order valence-corrected chi connectivity index (χ2v) is 10.5. The first-order valence-corrected chi connectivity index (χ1v) is 14.9. The lowest BCUT2D eigenvalue weighted by Gasteiger charge is -2.25. The van der Waals surface area contributed by atoms with Crippen LogP contribution in [0.3, 0.4) is 0 Å². The number of amides is 3. The third-order valence-electron chi connectivity index (χ3n) is 7.34. The van der Waals surface area contributed by atoms with E-state index in [2.05, 4.69) is 16.0 Å². The van der Waals surface area contributed by atoms with Gasteiger partial charge in [-0.3, -0.25) is 14.4 Å². The zero-order valence-corrected chi connectivity index (χ0v) is 27.3. The third-order valence-corrected chi connectivity index (χ3v) is 7.34. The number of esters is 3. The number of cyclic esters (lactones) is 3. The van der Waals surface area contributed by atoms with Gasteiger partial charge < -0.3 is 59.7 Å². The normalized spacial score (nSPS) is 17.9. The lowest BCUT2D eigenvalue weighted by molar-refractivity contribution is -0.160. The number of phenolic OH excluding ortho intramolecular Hbond substituents is 3. The van der Waals surface area contributed by atoms with E-state index in [1.807, 2.05) is 0 Å². The van der Waals surface area contributed by atoms with E-state index in [4.69, 9.17) is 28.4 Å². The van der Waals surface area contributed by atoms with Gasteiger partial charge in [-0.25, -0.2) is 14.4 Å². The zero-order valence-electron chi connectivity index (χ0n) is 27.3. The highest BCUT2D eigenvalue weighted by Gasteiger charge is 2.35. The third kappa shape index (κ3) is 8.66. The van der Waals surface area contributed by atoms with Crippen molar-refractivity contribution in [3.8, 4) is 34.5 Å². The van der Waals surface area contributed by atoms with Crippen LogP contribution in [0.15, 0.2) is 54.6 Å². The number of benzene rings is 3. The molecule has 1 aliphatic heterocycles. The lowest BCUT2D eigenvalue weighted by atomic mass is 10.1. The maximum atomic E-state index is 13.3. The molecule has 0 saturated carbocycles. The van der Waals surface area contributed by atoms with Gasteiger partial charge in [-0.1, -0.05) is 18.2 Å². The van der Waals surface area contributed by atoms with Gasteiger partial charge in [0, 0.05) is 0 Å². The van der Waals surface area contributed by atoms with E-state index in [9.17, 15) is 44.1 Å². The number of hydrogen-bond donors (Lipinski definition) is 6. The van der Waals surface area contributed by atoms with Crippen molar-refractivity contribution in [1.29, 1.82) is 0 Å². The Morgan fingerprint density at radius 3 is 1.02 bits per heavy atom. The molecule has 18 heteroatoms. The highest BCUT2D eigenvalue weighted by Crippen LogP contribution is 2.31. The number of methoxy groups -OCH3 is 3. The van der Waals surface area contributed by atoms with Crippen molar-refractivity contribution in [2.45, 2.75) is 18.1 Å². The Morgan fingerprint density at radius 2 is 0.784 bits per heavy atom. The molecule has 0 aromatic heterocycles. The summed E-state index contributed by atoms with van der Waals surface area (Å²) in [6, 6.07) is 6.64. The summed E-state index contributed by atoms with van der Waals surface area (Å²) in [5.74, 6) is -8.69. The van der Waals surface area contributed by atoms with Crippen molar-refractivity contribution in [2.75, 3.05) is 41.2 Å². The summed E-state index contributed by atoms with van der Waals surface area (Å²) in [4.78, 5) is 79.1. The van der Waals surface area contributed by atoms with E-state index in [0.29, 0.717) is 0 Å². The average Bonchev–Trinajstić information content (AvgIpc) is 3.12. The monoisotopic (exact) mass is 711 g/mol. The lowest BCUT2D eigenvalue weighted by Crippen LogP contribution is -2.52. The standard InChI is InChI=1S/C33H33N3O15/c1-46-22-10-4-7-16(25(22)37)28(40)34-19-13-49-32(44)21(36-30(42)18-9-6-12-24(48-3)27(18)39)15-51-33(45)20(14-50-31(19)43)35-29(41)17-8-5-11-23(47-2)26(17)38/h4-12,19-21,37-39H,13-15H2,1-3H3,(H,34,40)(H,35,41)(H,36,42). The fourth-order valence-corrected chi connectivity index (χ4v) is 4.62. The van der Waals surface area contributed by atoms with Crippen LogP contribution in [0.5, 0.6) is 34.5 Å². The van der Waals surface area contributed by atoms with Crippen molar-refractivity contribution in [3.05, 3.63) is 71.3 Å². The van der Waals surface area contributed by atoms with Crippen LogP contribution in [0.1, 0.15) is 31.1 Å². The van der Waals surface area contributed by atoms with Gasteiger partial charge in [0.15, 0.2) is 52.6 Å². The summed E-state index contributed by atoms with van der Waals surface area (Å²) in [6.45, 7) is -2.64. The molecule has 0 spiro atoms. The number of nitrogens with one attached hydrogen (secondary N) is 3. The summed E-state index contributed by atoms with van der Waals surface area (Å²) in [6.07, 6.45) is 0. The molecule has 270 valence electrons. The van der Waals surface area contributed by atoms with Crippen LogP contribution in [-0.4, -0.2) is 110 Å². The largest absolute Gasteiger partial charge is 0.504 e. The van der Waals surface area contributed by atoms with Crippen LogP contribution in [0.4, 0.5) is 0 Å². The van der Waals surface area contributed by atoms with Gasteiger partial charge >= 0.3 is 17.9 Å². The Hall–Kier alpha value is -6.72. The second-order valence-electron chi connectivity index (χ2n) is 10.5. The molecule has 3 aromatic rings. The van der Waals surface area contributed by atoms with Crippen LogP contribution in [0.2, 0.25) is 0 Å². The molecular weight excluding hydrogens is 678 g/mol. The number of aromatic hydroxyl groups is 3. The van der Waals surface area contributed by atoms with Gasteiger partial charge in [0.1, 0.15) is 19.8 Å². The Bertz CT molecular complexity index is 1620. The van der Waals surface area contributed by atoms with Crippen molar-refractivity contribution >= 4 is 35.6 Å². The molecule has 4 rings (SSSR count). The van der Waals surface area contributed by atoms with Crippen molar-refractivity contribution in [1.82, 2.24) is 16.0 Å². The van der Waals surface area contributed by atoms with Crippen LogP contribution in [0.25, 0.3) is 0 Å². The van der Waals surface area contributed by atoms with Gasteiger partial charge in [-0.2, -0.15) is 0 Å². The van der Waals surface area contributed by atoms with Crippen molar-refractivity contribution < 1.29 is 72.5 Å². The first-order chi connectivity index (χ1) is 24.4. The van der Waals surface area contributed by atoms with Gasteiger partial charge in [-0.15, -0.1) is 0 Å². The highest BCUT2D eigenvalue weighted by atomic mass is 16.6. The molecular formula is C33H33N3O15. The minimum Gasteiger partial charge on any atom is -0.504 e. The number of hydrogen-bond acceptors (Lipinski definition) is 15. The van der Waals surface area contributed by atoms with Gasteiger partial charge in [-0.05, 0) is 36.4 Å².